The highest BCUT2D eigenvalue weighted by Gasteiger charge is 2.16. The second-order valence-corrected chi connectivity index (χ2v) is 7.33. The Balaban J connectivity index is 1.49. The summed E-state index contributed by atoms with van der Waals surface area (Å²) in [4.78, 5) is 12.1. The van der Waals surface area contributed by atoms with E-state index in [1.165, 1.54) is 0 Å². The molecule has 3 rings (SSSR count). The summed E-state index contributed by atoms with van der Waals surface area (Å²) in [7, 11) is 0. The Bertz CT molecular complexity index is 724. The first kappa shape index (κ1) is 17.2. The topological polar surface area (TPSA) is 47.6 Å². The van der Waals surface area contributed by atoms with Gasteiger partial charge in [0.25, 0.3) is 0 Å². The van der Waals surface area contributed by atoms with Gasteiger partial charge in [0, 0.05) is 10.2 Å². The van der Waals surface area contributed by atoms with Gasteiger partial charge in [-0.1, -0.05) is 46.3 Å². The molecule has 0 bridgehead atoms. The Morgan fingerprint density at radius 3 is 2.71 bits per heavy atom. The first-order chi connectivity index (χ1) is 11.6. The predicted octanol–water partition coefficient (Wildman–Crippen LogP) is 4.29. The standard InChI is InChI=1S/C18H18BrNO3S/c1-12(13-5-3-2-4-6-13)20-18(21)10-24-9-14-7-16-17(8-15(14)19)23-11-22-16/h2-8,12H,9-11H2,1H3,(H,20,21)/t12-/m1/s1. The van der Waals surface area contributed by atoms with Crippen molar-refractivity contribution in [3.63, 3.8) is 0 Å². The number of hydrogen-bond acceptors (Lipinski definition) is 4. The molecule has 0 aromatic heterocycles. The van der Waals surface area contributed by atoms with E-state index in [4.69, 9.17) is 9.47 Å². The van der Waals surface area contributed by atoms with Crippen molar-refractivity contribution in [1.82, 2.24) is 5.32 Å². The summed E-state index contributed by atoms with van der Waals surface area (Å²) in [5, 5.41) is 3.02. The van der Waals surface area contributed by atoms with E-state index in [0.717, 1.165) is 32.9 Å². The largest absolute Gasteiger partial charge is 0.454 e. The molecule has 0 spiro atoms. The molecule has 0 aliphatic carbocycles. The maximum absolute atomic E-state index is 12.1. The van der Waals surface area contributed by atoms with Crippen molar-refractivity contribution in [1.29, 1.82) is 0 Å². The van der Waals surface area contributed by atoms with Gasteiger partial charge >= 0.3 is 0 Å². The van der Waals surface area contributed by atoms with Gasteiger partial charge in [0.1, 0.15) is 0 Å². The highest BCUT2D eigenvalue weighted by atomic mass is 79.9. The number of benzene rings is 2. The highest BCUT2D eigenvalue weighted by molar-refractivity contribution is 9.10. The lowest BCUT2D eigenvalue weighted by atomic mass is 10.1. The van der Waals surface area contributed by atoms with Gasteiger partial charge in [-0.25, -0.2) is 0 Å². The molecule has 126 valence electrons. The van der Waals surface area contributed by atoms with Gasteiger partial charge in [-0.3, -0.25) is 4.79 Å². The number of thioether (sulfide) groups is 1. The summed E-state index contributed by atoms with van der Waals surface area (Å²) in [6.45, 7) is 2.25. The molecule has 2 aromatic rings. The maximum Gasteiger partial charge on any atom is 0.231 e. The molecule has 4 nitrogen and oxygen atoms in total. The zero-order valence-corrected chi connectivity index (χ0v) is 15.7. The van der Waals surface area contributed by atoms with E-state index in [-0.39, 0.29) is 18.7 Å². The molecule has 1 aliphatic rings. The molecule has 1 amide bonds. The molecule has 0 fully saturated rings. The number of hydrogen-bond donors (Lipinski definition) is 1. The fourth-order valence-corrected chi connectivity index (χ4v) is 3.91. The Labute approximate surface area is 154 Å². The lowest BCUT2D eigenvalue weighted by Gasteiger charge is -2.14. The third-order valence-electron chi connectivity index (χ3n) is 3.71. The number of amides is 1. The zero-order chi connectivity index (χ0) is 16.9. The van der Waals surface area contributed by atoms with Crippen LogP contribution in [0.1, 0.15) is 24.1 Å². The zero-order valence-electron chi connectivity index (χ0n) is 13.3. The van der Waals surface area contributed by atoms with E-state index in [9.17, 15) is 4.79 Å². The van der Waals surface area contributed by atoms with Crippen molar-refractivity contribution < 1.29 is 14.3 Å². The van der Waals surface area contributed by atoms with Gasteiger partial charge in [0.05, 0.1) is 11.8 Å². The quantitative estimate of drug-likeness (QED) is 0.775. The third-order valence-corrected chi connectivity index (χ3v) is 5.43. The summed E-state index contributed by atoms with van der Waals surface area (Å²) in [6, 6.07) is 13.8. The van der Waals surface area contributed by atoms with E-state index in [1.54, 1.807) is 11.8 Å². The minimum absolute atomic E-state index is 0.0107. The fraction of sp³-hybridized carbons (Fsp3) is 0.278. The second-order valence-electron chi connectivity index (χ2n) is 5.49. The summed E-state index contributed by atoms with van der Waals surface area (Å²) in [5.74, 6) is 2.69. The lowest BCUT2D eigenvalue weighted by molar-refractivity contribution is -0.119. The van der Waals surface area contributed by atoms with Crippen molar-refractivity contribution in [3.05, 3.63) is 58.1 Å². The summed E-state index contributed by atoms with van der Waals surface area (Å²) in [5.41, 5.74) is 2.20. The van der Waals surface area contributed by atoms with Gasteiger partial charge in [-0.15, -0.1) is 11.8 Å². The van der Waals surface area contributed by atoms with Crippen molar-refractivity contribution in [2.24, 2.45) is 0 Å². The minimum Gasteiger partial charge on any atom is -0.454 e. The van der Waals surface area contributed by atoms with Crippen LogP contribution in [0.5, 0.6) is 11.5 Å². The van der Waals surface area contributed by atoms with E-state index < -0.39 is 0 Å². The molecule has 1 N–H and O–H groups in total. The van der Waals surface area contributed by atoms with Gasteiger partial charge in [0.2, 0.25) is 12.7 Å². The monoisotopic (exact) mass is 407 g/mol. The highest BCUT2D eigenvalue weighted by Crippen LogP contribution is 2.38. The number of nitrogens with one attached hydrogen (secondary N) is 1. The van der Waals surface area contributed by atoms with Crippen LogP contribution in [-0.4, -0.2) is 18.5 Å². The van der Waals surface area contributed by atoms with Gasteiger partial charge in [-0.05, 0) is 30.2 Å². The number of rotatable bonds is 6. The number of carbonyl (C=O) groups is 1. The van der Waals surface area contributed by atoms with Crippen molar-refractivity contribution >= 4 is 33.6 Å². The molecule has 6 heteroatoms. The SMILES string of the molecule is C[C@@H](NC(=O)CSCc1cc2c(cc1Br)OCO2)c1ccccc1. The van der Waals surface area contributed by atoms with E-state index in [0.29, 0.717) is 5.75 Å². The van der Waals surface area contributed by atoms with E-state index in [2.05, 4.69) is 21.2 Å². The Morgan fingerprint density at radius 2 is 1.96 bits per heavy atom. The maximum atomic E-state index is 12.1. The summed E-state index contributed by atoms with van der Waals surface area (Å²) < 4.78 is 11.7. The molecule has 0 radical (unpaired) electrons. The minimum atomic E-state index is 0.0107. The normalized spacial score (nSPS) is 13.6. The lowest BCUT2D eigenvalue weighted by Crippen LogP contribution is -2.28. The first-order valence-electron chi connectivity index (χ1n) is 7.63. The molecule has 2 aromatic carbocycles. The number of ether oxygens (including phenoxy) is 2. The van der Waals surface area contributed by atoms with Crippen molar-refractivity contribution in [2.75, 3.05) is 12.5 Å². The number of fused-ring (bicyclic) bond motifs is 1. The molecule has 24 heavy (non-hydrogen) atoms. The van der Waals surface area contributed by atoms with Crippen molar-refractivity contribution in [3.8, 4) is 11.5 Å². The Morgan fingerprint density at radius 1 is 1.25 bits per heavy atom. The van der Waals surface area contributed by atoms with Crippen LogP contribution in [0.3, 0.4) is 0 Å². The predicted molar refractivity (Wildman–Crippen MR) is 99.4 cm³/mol. The first-order valence-corrected chi connectivity index (χ1v) is 9.58. The van der Waals surface area contributed by atoms with Crippen LogP contribution in [0.25, 0.3) is 0 Å². The van der Waals surface area contributed by atoms with Gasteiger partial charge in [0.15, 0.2) is 11.5 Å². The smallest absolute Gasteiger partial charge is 0.231 e. The fourth-order valence-electron chi connectivity index (χ4n) is 2.43. The third kappa shape index (κ3) is 4.24. The van der Waals surface area contributed by atoms with Crippen LogP contribution in [0.4, 0.5) is 0 Å². The summed E-state index contributed by atoms with van der Waals surface area (Å²) in [6.07, 6.45) is 0. The van der Waals surface area contributed by atoms with Crippen LogP contribution in [0.15, 0.2) is 46.9 Å². The number of carbonyl (C=O) groups excluding carboxylic acids is 1. The van der Waals surface area contributed by atoms with Gasteiger partial charge < -0.3 is 14.8 Å². The second kappa shape index (κ2) is 7.94. The van der Waals surface area contributed by atoms with Crippen LogP contribution in [-0.2, 0) is 10.5 Å². The molecule has 0 unspecified atom stereocenters. The molecule has 0 saturated heterocycles. The van der Waals surface area contributed by atoms with Crippen LogP contribution >= 0.6 is 27.7 Å². The van der Waals surface area contributed by atoms with Crippen LogP contribution in [0, 0.1) is 0 Å². The van der Waals surface area contributed by atoms with E-state index in [1.807, 2.05) is 49.4 Å². The average molecular weight is 408 g/mol. The van der Waals surface area contributed by atoms with Gasteiger partial charge in [-0.2, -0.15) is 0 Å². The number of halogens is 1. The van der Waals surface area contributed by atoms with Crippen LogP contribution in [0.2, 0.25) is 0 Å². The molecule has 0 saturated carbocycles. The average Bonchev–Trinajstić information content (AvgIpc) is 3.02. The summed E-state index contributed by atoms with van der Waals surface area (Å²) >= 11 is 5.11. The van der Waals surface area contributed by atoms with E-state index >= 15 is 0 Å². The molecular weight excluding hydrogens is 390 g/mol. The molecular formula is C18H18BrNO3S. The van der Waals surface area contributed by atoms with Crippen LogP contribution < -0.4 is 14.8 Å². The van der Waals surface area contributed by atoms with Crippen molar-refractivity contribution in [2.45, 2.75) is 18.7 Å². The molecule has 1 atom stereocenters. The molecule has 1 aliphatic heterocycles. The molecule has 1 heterocycles. The Hall–Kier alpha value is -1.66. The Kier molecular flexibility index (Phi) is 5.68.